The summed E-state index contributed by atoms with van der Waals surface area (Å²) in [5.41, 5.74) is 2.54. The second-order valence-electron chi connectivity index (χ2n) is 5.11. The summed E-state index contributed by atoms with van der Waals surface area (Å²) < 4.78 is 1.91. The first-order valence-electron chi connectivity index (χ1n) is 6.89. The minimum absolute atomic E-state index is 0.0124. The minimum atomic E-state index is 0.0124. The molecule has 0 fully saturated rings. The van der Waals surface area contributed by atoms with Crippen LogP contribution in [0.25, 0.3) is 5.65 Å². The number of rotatable bonds is 4. The number of carbonyl (C=O) groups excluding carboxylic acids is 1. The van der Waals surface area contributed by atoms with Gasteiger partial charge in [-0.3, -0.25) is 4.79 Å². The van der Waals surface area contributed by atoms with Crippen LogP contribution in [-0.2, 0) is 17.8 Å². The topological polar surface area (TPSA) is 50.5 Å². The summed E-state index contributed by atoms with van der Waals surface area (Å²) in [6, 6.07) is 9.35. The van der Waals surface area contributed by atoms with E-state index in [1.54, 1.807) is 24.2 Å². The van der Waals surface area contributed by atoms with E-state index in [4.69, 9.17) is 11.6 Å². The first kappa shape index (κ1) is 14.5. The molecule has 0 unspecified atom stereocenters. The van der Waals surface area contributed by atoms with Crippen molar-refractivity contribution in [3.8, 4) is 0 Å². The van der Waals surface area contributed by atoms with E-state index in [9.17, 15) is 4.79 Å². The molecule has 0 spiro atoms. The van der Waals surface area contributed by atoms with Crippen LogP contribution < -0.4 is 0 Å². The third-order valence-corrected chi connectivity index (χ3v) is 3.60. The highest BCUT2D eigenvalue weighted by Crippen LogP contribution is 2.10. The Morgan fingerprint density at radius 2 is 2.18 bits per heavy atom. The predicted molar refractivity (Wildman–Crippen MR) is 84.6 cm³/mol. The summed E-state index contributed by atoms with van der Waals surface area (Å²) in [5, 5.41) is 0.447. The van der Waals surface area contributed by atoms with E-state index in [0.717, 1.165) is 16.9 Å². The average Bonchev–Trinajstić information content (AvgIpc) is 2.91. The van der Waals surface area contributed by atoms with Crippen LogP contribution in [-0.4, -0.2) is 32.2 Å². The molecule has 0 aliphatic rings. The first-order chi connectivity index (χ1) is 10.6. The van der Waals surface area contributed by atoms with Crippen LogP contribution in [0.2, 0.25) is 5.15 Å². The molecule has 3 aromatic rings. The van der Waals surface area contributed by atoms with Gasteiger partial charge in [0.25, 0.3) is 0 Å². The average molecular weight is 315 g/mol. The smallest absolute Gasteiger partial charge is 0.228 e. The van der Waals surface area contributed by atoms with Gasteiger partial charge in [0, 0.05) is 32.2 Å². The number of aromatic nitrogens is 3. The largest absolute Gasteiger partial charge is 0.341 e. The van der Waals surface area contributed by atoms with Crippen molar-refractivity contribution < 1.29 is 4.79 Å². The molecule has 3 heterocycles. The molecule has 0 saturated carbocycles. The summed E-state index contributed by atoms with van der Waals surface area (Å²) in [4.78, 5) is 22.4. The van der Waals surface area contributed by atoms with Gasteiger partial charge >= 0.3 is 0 Å². The molecule has 0 atom stereocenters. The van der Waals surface area contributed by atoms with Crippen LogP contribution >= 0.6 is 11.6 Å². The number of halogens is 1. The zero-order valence-electron chi connectivity index (χ0n) is 12.1. The lowest BCUT2D eigenvalue weighted by molar-refractivity contribution is -0.129. The lowest BCUT2D eigenvalue weighted by Gasteiger charge is -2.16. The Kier molecular flexibility index (Phi) is 4.06. The van der Waals surface area contributed by atoms with Crippen molar-refractivity contribution in [3.63, 3.8) is 0 Å². The Morgan fingerprint density at radius 3 is 2.91 bits per heavy atom. The van der Waals surface area contributed by atoms with Gasteiger partial charge in [0.15, 0.2) is 0 Å². The van der Waals surface area contributed by atoms with E-state index in [0.29, 0.717) is 11.7 Å². The number of likely N-dealkylation sites (N-methyl/N-ethyl adjacent to an activating group) is 1. The van der Waals surface area contributed by atoms with Crippen molar-refractivity contribution >= 4 is 23.2 Å². The van der Waals surface area contributed by atoms with Crippen LogP contribution in [0.5, 0.6) is 0 Å². The summed E-state index contributed by atoms with van der Waals surface area (Å²) in [5.74, 6) is 0.0124. The number of nitrogens with zero attached hydrogens (tertiary/aromatic N) is 4. The second-order valence-corrected chi connectivity index (χ2v) is 5.50. The fraction of sp³-hybridized carbons (Fsp3) is 0.188. The summed E-state index contributed by atoms with van der Waals surface area (Å²) in [6.45, 7) is 0.496. The van der Waals surface area contributed by atoms with E-state index in [1.165, 1.54) is 0 Å². The van der Waals surface area contributed by atoms with Crippen LogP contribution in [0.1, 0.15) is 11.3 Å². The van der Waals surface area contributed by atoms with E-state index in [-0.39, 0.29) is 12.3 Å². The number of hydrogen-bond acceptors (Lipinski definition) is 3. The molecule has 0 bridgehead atoms. The standard InChI is InChI=1S/C16H15ClN4O/c1-20(10-12-5-6-14(17)18-9-12)16(22)8-13-11-21-7-3-2-4-15(21)19-13/h2-7,9,11H,8,10H2,1H3. The summed E-state index contributed by atoms with van der Waals surface area (Å²) in [7, 11) is 1.77. The molecule has 0 radical (unpaired) electrons. The molecule has 3 aromatic heterocycles. The predicted octanol–water partition coefficient (Wildman–Crippen LogP) is 2.58. The van der Waals surface area contributed by atoms with Gasteiger partial charge in [-0.05, 0) is 23.8 Å². The van der Waals surface area contributed by atoms with Gasteiger partial charge in [0.05, 0.1) is 12.1 Å². The Morgan fingerprint density at radius 1 is 1.32 bits per heavy atom. The van der Waals surface area contributed by atoms with Gasteiger partial charge < -0.3 is 9.30 Å². The Labute approximate surface area is 133 Å². The number of fused-ring (bicyclic) bond motifs is 1. The van der Waals surface area contributed by atoms with Gasteiger partial charge in [0.2, 0.25) is 5.91 Å². The lowest BCUT2D eigenvalue weighted by Crippen LogP contribution is -2.27. The van der Waals surface area contributed by atoms with Crippen molar-refractivity contribution in [3.05, 3.63) is 65.3 Å². The zero-order chi connectivity index (χ0) is 15.5. The van der Waals surface area contributed by atoms with E-state index in [1.807, 2.05) is 41.1 Å². The number of imidazole rings is 1. The molecule has 6 heteroatoms. The molecule has 1 amide bonds. The molecule has 0 aromatic carbocycles. The van der Waals surface area contributed by atoms with Gasteiger partial charge in [0.1, 0.15) is 10.8 Å². The molecule has 3 rings (SSSR count). The van der Waals surface area contributed by atoms with Crippen molar-refractivity contribution in [2.45, 2.75) is 13.0 Å². The highest BCUT2D eigenvalue weighted by atomic mass is 35.5. The molecule has 112 valence electrons. The lowest BCUT2D eigenvalue weighted by atomic mass is 10.2. The van der Waals surface area contributed by atoms with Crippen LogP contribution in [0.4, 0.5) is 0 Å². The maximum atomic E-state index is 12.3. The van der Waals surface area contributed by atoms with Crippen molar-refractivity contribution in [1.29, 1.82) is 0 Å². The monoisotopic (exact) mass is 314 g/mol. The molecule has 5 nitrogen and oxygen atoms in total. The van der Waals surface area contributed by atoms with E-state index < -0.39 is 0 Å². The zero-order valence-corrected chi connectivity index (χ0v) is 12.9. The van der Waals surface area contributed by atoms with Gasteiger partial charge in [-0.15, -0.1) is 0 Å². The molecule has 0 N–H and O–H groups in total. The molecule has 0 saturated heterocycles. The van der Waals surface area contributed by atoms with Crippen molar-refractivity contribution in [2.24, 2.45) is 0 Å². The van der Waals surface area contributed by atoms with Crippen molar-refractivity contribution in [1.82, 2.24) is 19.3 Å². The fourth-order valence-electron chi connectivity index (χ4n) is 2.22. The van der Waals surface area contributed by atoms with E-state index >= 15 is 0 Å². The van der Waals surface area contributed by atoms with Gasteiger partial charge in [-0.2, -0.15) is 0 Å². The number of pyridine rings is 2. The second kappa shape index (κ2) is 6.15. The van der Waals surface area contributed by atoms with Crippen LogP contribution in [0, 0.1) is 0 Å². The number of hydrogen-bond donors (Lipinski definition) is 0. The molecular weight excluding hydrogens is 300 g/mol. The normalized spacial score (nSPS) is 10.8. The number of carbonyl (C=O) groups is 1. The molecule has 22 heavy (non-hydrogen) atoms. The van der Waals surface area contributed by atoms with Crippen LogP contribution in [0.3, 0.4) is 0 Å². The summed E-state index contributed by atoms with van der Waals surface area (Å²) in [6.07, 6.45) is 5.75. The number of amides is 1. The fourth-order valence-corrected chi connectivity index (χ4v) is 2.34. The quantitative estimate of drug-likeness (QED) is 0.695. The highest BCUT2D eigenvalue weighted by molar-refractivity contribution is 6.29. The Balaban J connectivity index is 1.66. The maximum absolute atomic E-state index is 12.3. The van der Waals surface area contributed by atoms with Crippen LogP contribution in [0.15, 0.2) is 48.9 Å². The van der Waals surface area contributed by atoms with Gasteiger partial charge in [-0.1, -0.05) is 23.7 Å². The maximum Gasteiger partial charge on any atom is 0.228 e. The third-order valence-electron chi connectivity index (χ3n) is 3.38. The van der Waals surface area contributed by atoms with Gasteiger partial charge in [-0.25, -0.2) is 9.97 Å². The molecule has 0 aliphatic heterocycles. The Bertz CT molecular complexity index is 764. The summed E-state index contributed by atoms with van der Waals surface area (Å²) >= 11 is 5.75. The molecular formula is C16H15ClN4O. The Hall–Kier alpha value is -2.40. The SMILES string of the molecule is CN(Cc1ccc(Cl)nc1)C(=O)Cc1cn2ccccc2n1. The third kappa shape index (κ3) is 3.26. The highest BCUT2D eigenvalue weighted by Gasteiger charge is 2.12. The minimum Gasteiger partial charge on any atom is -0.341 e. The first-order valence-corrected chi connectivity index (χ1v) is 7.26. The van der Waals surface area contributed by atoms with E-state index in [2.05, 4.69) is 9.97 Å². The molecule has 0 aliphatic carbocycles. The van der Waals surface area contributed by atoms with Crippen molar-refractivity contribution in [2.75, 3.05) is 7.05 Å².